The lowest BCUT2D eigenvalue weighted by molar-refractivity contribution is 1.16. The molecule has 5 aromatic rings. The Bertz CT molecular complexity index is 1260. The SMILES string of the molecule is Cc1ccc(Nc2c(-c3c[nH]c4ccccc34)nc3ccc(C)cn23)cc1. The summed E-state index contributed by atoms with van der Waals surface area (Å²) in [5, 5.41) is 4.76. The first-order valence-electron chi connectivity index (χ1n) is 9.08. The third-order valence-electron chi connectivity index (χ3n) is 4.93. The van der Waals surface area contributed by atoms with Crippen molar-refractivity contribution in [3.8, 4) is 11.3 Å². The number of benzene rings is 2. The van der Waals surface area contributed by atoms with E-state index in [1.54, 1.807) is 0 Å². The summed E-state index contributed by atoms with van der Waals surface area (Å²) >= 11 is 0. The predicted molar refractivity (Wildman–Crippen MR) is 112 cm³/mol. The van der Waals surface area contributed by atoms with Gasteiger partial charge in [0, 0.05) is 34.5 Å². The van der Waals surface area contributed by atoms with Gasteiger partial charge in [0.05, 0.1) is 0 Å². The number of pyridine rings is 1. The molecule has 4 nitrogen and oxygen atoms in total. The Morgan fingerprint density at radius 2 is 1.67 bits per heavy atom. The standard InChI is InChI=1S/C23H20N4/c1-15-7-10-17(11-8-15)25-23-22(26-21-12-9-16(2)14-27(21)23)19-13-24-20-6-4-3-5-18(19)20/h3-14,24-25H,1-2H3. The maximum absolute atomic E-state index is 4.94. The molecule has 5 rings (SSSR count). The van der Waals surface area contributed by atoms with Gasteiger partial charge in [-0.3, -0.25) is 4.40 Å². The van der Waals surface area contributed by atoms with E-state index >= 15 is 0 Å². The second kappa shape index (κ2) is 6.02. The summed E-state index contributed by atoms with van der Waals surface area (Å²) in [5.74, 6) is 0.974. The molecule has 0 aliphatic rings. The largest absolute Gasteiger partial charge is 0.360 e. The zero-order chi connectivity index (χ0) is 18.4. The number of hydrogen-bond donors (Lipinski definition) is 2. The van der Waals surface area contributed by atoms with Crippen molar-refractivity contribution in [2.45, 2.75) is 13.8 Å². The molecule has 0 radical (unpaired) electrons. The molecule has 0 amide bonds. The lowest BCUT2D eigenvalue weighted by Crippen LogP contribution is -1.97. The number of aryl methyl sites for hydroxylation is 2. The summed E-state index contributed by atoms with van der Waals surface area (Å²) in [4.78, 5) is 8.30. The molecule has 27 heavy (non-hydrogen) atoms. The fourth-order valence-corrected chi connectivity index (χ4v) is 3.50. The number of nitrogens with one attached hydrogen (secondary N) is 2. The van der Waals surface area contributed by atoms with Gasteiger partial charge in [0.15, 0.2) is 0 Å². The molecule has 0 unspecified atom stereocenters. The lowest BCUT2D eigenvalue weighted by Gasteiger charge is -2.09. The minimum absolute atomic E-state index is 0.926. The number of aromatic nitrogens is 3. The van der Waals surface area contributed by atoms with Crippen molar-refractivity contribution in [2.75, 3.05) is 5.32 Å². The van der Waals surface area contributed by atoms with Crippen LogP contribution in [-0.4, -0.2) is 14.4 Å². The summed E-state index contributed by atoms with van der Waals surface area (Å²) in [6.45, 7) is 4.19. The van der Waals surface area contributed by atoms with Gasteiger partial charge in [-0.15, -0.1) is 0 Å². The summed E-state index contributed by atoms with van der Waals surface area (Å²) < 4.78 is 2.13. The van der Waals surface area contributed by atoms with Gasteiger partial charge < -0.3 is 10.3 Å². The average Bonchev–Trinajstić information content (AvgIpc) is 3.25. The van der Waals surface area contributed by atoms with Crippen LogP contribution in [-0.2, 0) is 0 Å². The van der Waals surface area contributed by atoms with Crippen molar-refractivity contribution < 1.29 is 0 Å². The van der Waals surface area contributed by atoms with Crippen molar-refractivity contribution >= 4 is 28.1 Å². The van der Waals surface area contributed by atoms with E-state index in [1.165, 1.54) is 16.5 Å². The normalized spacial score (nSPS) is 11.3. The summed E-state index contributed by atoms with van der Waals surface area (Å²) in [5.41, 5.74) is 7.56. The molecule has 0 saturated heterocycles. The van der Waals surface area contributed by atoms with Crippen LogP contribution in [0.5, 0.6) is 0 Å². The second-order valence-corrected chi connectivity index (χ2v) is 6.98. The van der Waals surface area contributed by atoms with Crippen LogP contribution in [0.4, 0.5) is 11.5 Å². The van der Waals surface area contributed by atoms with E-state index < -0.39 is 0 Å². The molecule has 2 N–H and O–H groups in total. The average molecular weight is 352 g/mol. The van der Waals surface area contributed by atoms with E-state index in [2.05, 4.69) is 89.3 Å². The van der Waals surface area contributed by atoms with Crippen LogP contribution in [0.2, 0.25) is 0 Å². The van der Waals surface area contributed by atoms with Crippen molar-refractivity contribution in [1.29, 1.82) is 0 Å². The number of fused-ring (bicyclic) bond motifs is 2. The fraction of sp³-hybridized carbons (Fsp3) is 0.0870. The van der Waals surface area contributed by atoms with Crippen molar-refractivity contribution in [1.82, 2.24) is 14.4 Å². The highest BCUT2D eigenvalue weighted by atomic mass is 15.1. The fourth-order valence-electron chi connectivity index (χ4n) is 3.50. The van der Waals surface area contributed by atoms with Crippen LogP contribution in [0.15, 0.2) is 73.1 Å². The van der Waals surface area contributed by atoms with Gasteiger partial charge in [-0.1, -0.05) is 42.0 Å². The van der Waals surface area contributed by atoms with Gasteiger partial charge in [0.25, 0.3) is 0 Å². The molecular formula is C23H20N4. The van der Waals surface area contributed by atoms with Crippen LogP contribution in [0, 0.1) is 13.8 Å². The smallest absolute Gasteiger partial charge is 0.143 e. The van der Waals surface area contributed by atoms with Gasteiger partial charge in [0.2, 0.25) is 0 Å². The summed E-state index contributed by atoms with van der Waals surface area (Å²) in [6, 6.07) is 20.9. The molecule has 0 aliphatic carbocycles. The van der Waals surface area contributed by atoms with Gasteiger partial charge in [-0.25, -0.2) is 4.98 Å². The first-order chi connectivity index (χ1) is 13.2. The number of hydrogen-bond acceptors (Lipinski definition) is 2. The predicted octanol–water partition coefficient (Wildman–Crippen LogP) is 5.84. The maximum atomic E-state index is 4.94. The van der Waals surface area contributed by atoms with Crippen molar-refractivity contribution in [2.24, 2.45) is 0 Å². The van der Waals surface area contributed by atoms with Crippen LogP contribution < -0.4 is 5.32 Å². The molecule has 0 spiro atoms. The molecule has 132 valence electrons. The zero-order valence-electron chi connectivity index (χ0n) is 15.3. The van der Waals surface area contributed by atoms with Crippen LogP contribution >= 0.6 is 0 Å². The first kappa shape index (κ1) is 15.7. The Morgan fingerprint density at radius 3 is 2.52 bits per heavy atom. The Hall–Kier alpha value is -3.53. The molecule has 0 bridgehead atoms. The lowest BCUT2D eigenvalue weighted by atomic mass is 10.1. The number of rotatable bonds is 3. The molecule has 2 aromatic carbocycles. The van der Waals surface area contributed by atoms with Gasteiger partial charge >= 0.3 is 0 Å². The van der Waals surface area contributed by atoms with Crippen LogP contribution in [0.3, 0.4) is 0 Å². The first-order valence-corrected chi connectivity index (χ1v) is 9.08. The van der Waals surface area contributed by atoms with E-state index in [9.17, 15) is 0 Å². The number of H-pyrrole nitrogens is 1. The molecule has 0 atom stereocenters. The van der Waals surface area contributed by atoms with E-state index in [0.717, 1.165) is 33.9 Å². The third-order valence-corrected chi connectivity index (χ3v) is 4.93. The van der Waals surface area contributed by atoms with Crippen molar-refractivity contribution in [3.05, 3.63) is 84.2 Å². The molecule has 4 heteroatoms. The Balaban J connectivity index is 1.75. The Morgan fingerprint density at radius 1 is 0.889 bits per heavy atom. The van der Waals surface area contributed by atoms with Gasteiger partial charge in [0.1, 0.15) is 17.2 Å². The quantitative estimate of drug-likeness (QED) is 0.428. The highest BCUT2D eigenvalue weighted by Crippen LogP contribution is 2.35. The maximum Gasteiger partial charge on any atom is 0.143 e. The van der Waals surface area contributed by atoms with Crippen LogP contribution in [0.1, 0.15) is 11.1 Å². The molecular weight excluding hydrogens is 332 g/mol. The third kappa shape index (κ3) is 2.66. The minimum Gasteiger partial charge on any atom is -0.360 e. The van der Waals surface area contributed by atoms with Crippen molar-refractivity contribution in [3.63, 3.8) is 0 Å². The number of para-hydroxylation sites is 1. The summed E-state index contributed by atoms with van der Waals surface area (Å²) in [6.07, 6.45) is 4.16. The zero-order valence-corrected chi connectivity index (χ0v) is 15.3. The van der Waals surface area contributed by atoms with Crippen LogP contribution in [0.25, 0.3) is 27.8 Å². The van der Waals surface area contributed by atoms with E-state index in [1.807, 2.05) is 12.3 Å². The van der Waals surface area contributed by atoms with Gasteiger partial charge in [-0.05, 0) is 43.7 Å². The van der Waals surface area contributed by atoms with Gasteiger partial charge in [-0.2, -0.15) is 0 Å². The monoisotopic (exact) mass is 352 g/mol. The topological polar surface area (TPSA) is 45.1 Å². The molecule has 0 saturated carbocycles. The van der Waals surface area contributed by atoms with E-state index in [0.29, 0.717) is 0 Å². The molecule has 0 aliphatic heterocycles. The number of nitrogens with zero attached hydrogens (tertiary/aromatic N) is 2. The number of imidazole rings is 1. The highest BCUT2D eigenvalue weighted by Gasteiger charge is 2.17. The number of aromatic amines is 1. The Labute approximate surface area is 157 Å². The molecule has 3 heterocycles. The minimum atomic E-state index is 0.926. The highest BCUT2D eigenvalue weighted by molar-refractivity contribution is 5.98. The summed E-state index contributed by atoms with van der Waals surface area (Å²) in [7, 11) is 0. The van der Waals surface area contributed by atoms with E-state index in [4.69, 9.17) is 4.98 Å². The Kier molecular flexibility index (Phi) is 3.50. The number of anilines is 2. The second-order valence-electron chi connectivity index (χ2n) is 6.98. The molecule has 3 aromatic heterocycles. The van der Waals surface area contributed by atoms with E-state index in [-0.39, 0.29) is 0 Å². The molecule has 0 fully saturated rings.